The maximum absolute atomic E-state index is 13.8. The molecule has 5 nitrogen and oxygen atoms in total. The average Bonchev–Trinajstić information content (AvgIpc) is 3.35. The minimum Gasteiger partial charge on any atom is -0.497 e. The molecule has 0 radical (unpaired) electrons. The molecule has 1 aliphatic heterocycles. The van der Waals surface area contributed by atoms with E-state index in [1.54, 1.807) is 35.5 Å². The Balaban J connectivity index is 1.56. The molecular formula is C28H30Cl2N2O3S. The van der Waals surface area contributed by atoms with Gasteiger partial charge in [0.05, 0.1) is 26.1 Å². The molecule has 2 heterocycles. The molecule has 0 aliphatic carbocycles. The van der Waals surface area contributed by atoms with Crippen molar-refractivity contribution in [3.8, 4) is 5.75 Å². The first-order valence-corrected chi connectivity index (χ1v) is 13.8. The number of rotatable bonds is 9. The minimum atomic E-state index is -0.304. The number of nitrogens with zero attached hydrogens (tertiary/aromatic N) is 2. The van der Waals surface area contributed by atoms with Gasteiger partial charge in [0.1, 0.15) is 5.75 Å². The maximum atomic E-state index is 13.8. The number of carbonyl (C=O) groups is 2. The number of benzene rings is 2. The Kier molecular flexibility index (Phi) is 8.94. The molecule has 0 spiro atoms. The molecule has 1 atom stereocenters. The van der Waals surface area contributed by atoms with Crippen molar-refractivity contribution in [2.75, 3.05) is 26.7 Å². The SMILES string of the molecule is CCCCN(CC(=O)N1CCc2sccc2C1c1ccc(Cl)cc1Cl)C(=O)Cc1ccc(OC)cc1. The van der Waals surface area contributed by atoms with Gasteiger partial charge in [0.25, 0.3) is 0 Å². The number of fused-ring (bicyclic) bond motifs is 1. The van der Waals surface area contributed by atoms with Crippen molar-refractivity contribution in [3.63, 3.8) is 0 Å². The van der Waals surface area contributed by atoms with Gasteiger partial charge in [-0.1, -0.05) is 54.7 Å². The van der Waals surface area contributed by atoms with Crippen LogP contribution >= 0.6 is 34.5 Å². The smallest absolute Gasteiger partial charge is 0.242 e. The summed E-state index contributed by atoms with van der Waals surface area (Å²) in [5, 5.41) is 3.14. The van der Waals surface area contributed by atoms with Gasteiger partial charge in [-0.05, 0) is 65.2 Å². The lowest BCUT2D eigenvalue weighted by molar-refractivity contribution is -0.141. The first-order valence-electron chi connectivity index (χ1n) is 12.1. The van der Waals surface area contributed by atoms with Crippen LogP contribution in [0, 0.1) is 0 Å². The number of hydrogen-bond donors (Lipinski definition) is 0. The number of ether oxygens (including phenoxy) is 1. The molecular weight excluding hydrogens is 515 g/mol. The normalized spacial score (nSPS) is 14.9. The summed E-state index contributed by atoms with van der Waals surface area (Å²) in [4.78, 5) is 31.9. The molecule has 0 saturated heterocycles. The molecule has 0 N–H and O–H groups in total. The highest BCUT2D eigenvalue weighted by Crippen LogP contribution is 2.41. The number of halogens is 2. The number of hydrogen-bond acceptors (Lipinski definition) is 4. The number of carbonyl (C=O) groups excluding carboxylic acids is 2. The van der Waals surface area contributed by atoms with E-state index < -0.39 is 0 Å². The second kappa shape index (κ2) is 12.1. The number of unbranched alkanes of at least 4 members (excludes halogenated alkanes) is 1. The Hall–Kier alpha value is -2.54. The van der Waals surface area contributed by atoms with Gasteiger partial charge >= 0.3 is 0 Å². The van der Waals surface area contributed by atoms with Crippen LogP contribution < -0.4 is 4.74 Å². The highest BCUT2D eigenvalue weighted by atomic mass is 35.5. The van der Waals surface area contributed by atoms with Gasteiger partial charge < -0.3 is 14.5 Å². The third kappa shape index (κ3) is 6.05. The van der Waals surface area contributed by atoms with Crippen LogP contribution in [-0.2, 0) is 22.4 Å². The van der Waals surface area contributed by atoms with Crippen molar-refractivity contribution in [2.45, 2.75) is 38.6 Å². The largest absolute Gasteiger partial charge is 0.497 e. The van der Waals surface area contributed by atoms with Crippen molar-refractivity contribution in [1.82, 2.24) is 9.80 Å². The van der Waals surface area contributed by atoms with E-state index in [1.807, 2.05) is 35.2 Å². The van der Waals surface area contributed by atoms with Gasteiger partial charge in [-0.2, -0.15) is 0 Å². The molecule has 1 aliphatic rings. The quantitative estimate of drug-likeness (QED) is 0.312. The molecule has 1 unspecified atom stereocenters. The van der Waals surface area contributed by atoms with Crippen LogP contribution in [0.2, 0.25) is 10.0 Å². The van der Waals surface area contributed by atoms with Crippen LogP contribution in [0.1, 0.15) is 47.4 Å². The van der Waals surface area contributed by atoms with Gasteiger partial charge in [-0.25, -0.2) is 0 Å². The van der Waals surface area contributed by atoms with Crippen LogP contribution in [0.3, 0.4) is 0 Å². The fourth-order valence-corrected chi connectivity index (χ4v) is 5.98. The zero-order valence-electron chi connectivity index (χ0n) is 20.5. The second-order valence-electron chi connectivity index (χ2n) is 8.90. The molecule has 8 heteroatoms. The van der Waals surface area contributed by atoms with Gasteiger partial charge in [-0.3, -0.25) is 9.59 Å². The summed E-state index contributed by atoms with van der Waals surface area (Å²) < 4.78 is 5.21. The first-order chi connectivity index (χ1) is 17.4. The summed E-state index contributed by atoms with van der Waals surface area (Å²) in [7, 11) is 1.61. The molecule has 0 bridgehead atoms. The minimum absolute atomic E-state index is 0.0379. The molecule has 3 aromatic rings. The Morgan fingerprint density at radius 2 is 1.89 bits per heavy atom. The lowest BCUT2D eigenvalue weighted by Gasteiger charge is -2.38. The van der Waals surface area contributed by atoms with Gasteiger partial charge in [0.15, 0.2) is 0 Å². The van der Waals surface area contributed by atoms with E-state index in [0.717, 1.165) is 41.7 Å². The standard InChI is InChI=1S/C28H30Cl2N2O3S/c1-3-4-13-31(26(33)16-19-5-8-21(35-2)9-6-19)18-27(34)32-14-11-25-23(12-15-36-25)28(32)22-10-7-20(29)17-24(22)30/h5-10,12,15,17,28H,3-4,11,13-14,16,18H2,1-2H3. The topological polar surface area (TPSA) is 49.9 Å². The monoisotopic (exact) mass is 544 g/mol. The molecule has 0 fully saturated rings. The molecule has 2 amide bonds. The lowest BCUT2D eigenvalue weighted by Crippen LogP contribution is -2.47. The lowest BCUT2D eigenvalue weighted by atomic mass is 9.93. The highest BCUT2D eigenvalue weighted by molar-refractivity contribution is 7.10. The predicted molar refractivity (Wildman–Crippen MR) is 146 cm³/mol. The summed E-state index contributed by atoms with van der Waals surface area (Å²) in [6.07, 6.45) is 2.80. The zero-order chi connectivity index (χ0) is 25.7. The summed E-state index contributed by atoms with van der Waals surface area (Å²) in [5.74, 6) is 0.604. The fourth-order valence-electron chi connectivity index (χ4n) is 4.57. The van der Waals surface area contributed by atoms with Crippen LogP contribution in [0.5, 0.6) is 5.75 Å². The van der Waals surface area contributed by atoms with Crippen molar-refractivity contribution in [1.29, 1.82) is 0 Å². The molecule has 2 aromatic carbocycles. The first kappa shape index (κ1) is 26.5. The summed E-state index contributed by atoms with van der Waals surface area (Å²) >= 11 is 14.5. The number of methoxy groups -OCH3 is 1. The van der Waals surface area contributed by atoms with E-state index in [2.05, 4.69) is 18.4 Å². The Labute approximate surface area is 226 Å². The van der Waals surface area contributed by atoms with Crippen LogP contribution in [0.4, 0.5) is 0 Å². The maximum Gasteiger partial charge on any atom is 0.242 e. The third-order valence-electron chi connectivity index (χ3n) is 6.52. The Morgan fingerprint density at radius 3 is 2.58 bits per heavy atom. The molecule has 4 rings (SSSR count). The zero-order valence-corrected chi connectivity index (χ0v) is 22.8. The van der Waals surface area contributed by atoms with Gasteiger partial charge in [0, 0.05) is 28.0 Å². The van der Waals surface area contributed by atoms with E-state index in [4.69, 9.17) is 27.9 Å². The fraction of sp³-hybridized carbons (Fsp3) is 0.357. The van der Waals surface area contributed by atoms with E-state index in [9.17, 15) is 9.59 Å². The van der Waals surface area contributed by atoms with E-state index >= 15 is 0 Å². The van der Waals surface area contributed by atoms with Gasteiger partial charge in [-0.15, -0.1) is 11.3 Å². The highest BCUT2D eigenvalue weighted by Gasteiger charge is 2.35. The second-order valence-corrected chi connectivity index (χ2v) is 10.7. The van der Waals surface area contributed by atoms with Crippen molar-refractivity contribution >= 4 is 46.4 Å². The van der Waals surface area contributed by atoms with E-state index in [1.165, 1.54) is 4.88 Å². The average molecular weight is 546 g/mol. The van der Waals surface area contributed by atoms with Crippen LogP contribution in [0.15, 0.2) is 53.9 Å². The van der Waals surface area contributed by atoms with Crippen molar-refractivity contribution in [3.05, 3.63) is 85.5 Å². The molecule has 190 valence electrons. The van der Waals surface area contributed by atoms with E-state index in [-0.39, 0.29) is 30.8 Å². The summed E-state index contributed by atoms with van der Waals surface area (Å²) in [6.45, 7) is 3.23. The Morgan fingerprint density at radius 1 is 1.11 bits per heavy atom. The van der Waals surface area contributed by atoms with Crippen molar-refractivity contribution in [2.24, 2.45) is 0 Å². The van der Waals surface area contributed by atoms with E-state index in [0.29, 0.717) is 23.1 Å². The Bertz CT molecular complexity index is 1210. The van der Waals surface area contributed by atoms with Crippen molar-refractivity contribution < 1.29 is 14.3 Å². The third-order valence-corrected chi connectivity index (χ3v) is 8.08. The molecule has 0 saturated carbocycles. The predicted octanol–water partition coefficient (Wildman–Crippen LogP) is 6.41. The van der Waals surface area contributed by atoms with Gasteiger partial charge in [0.2, 0.25) is 11.8 Å². The summed E-state index contributed by atoms with van der Waals surface area (Å²) in [6, 6.07) is 14.6. The summed E-state index contributed by atoms with van der Waals surface area (Å²) in [5.41, 5.74) is 2.83. The van der Waals surface area contributed by atoms with Crippen LogP contribution in [0.25, 0.3) is 0 Å². The number of thiophene rings is 1. The number of amides is 2. The molecule has 1 aromatic heterocycles. The molecule has 36 heavy (non-hydrogen) atoms. The van der Waals surface area contributed by atoms with Crippen LogP contribution in [-0.4, -0.2) is 48.4 Å².